The van der Waals surface area contributed by atoms with Crippen LogP contribution < -0.4 is 0 Å². The van der Waals surface area contributed by atoms with Crippen molar-refractivity contribution in [3.8, 4) is 0 Å². The Morgan fingerprint density at radius 1 is 1.18 bits per heavy atom. The van der Waals surface area contributed by atoms with E-state index in [0.29, 0.717) is 10.6 Å². The zero-order valence-corrected chi connectivity index (χ0v) is 10.5. The van der Waals surface area contributed by atoms with Crippen molar-refractivity contribution < 1.29 is 4.79 Å². The molecule has 0 bridgehead atoms. The van der Waals surface area contributed by atoms with E-state index in [2.05, 4.69) is 9.97 Å². The summed E-state index contributed by atoms with van der Waals surface area (Å²) in [4.78, 5) is 20.0. The third-order valence-corrected chi connectivity index (χ3v) is 3.00. The van der Waals surface area contributed by atoms with Crippen LogP contribution in [-0.2, 0) is 0 Å². The fraction of sp³-hybridized carbons (Fsp3) is 0.0833. The molecule has 0 spiro atoms. The number of hydrogen-bond acceptors (Lipinski definition) is 3. The van der Waals surface area contributed by atoms with Gasteiger partial charge in [-0.1, -0.05) is 29.3 Å². The fourth-order valence-corrected chi connectivity index (χ4v) is 1.70. The zero-order valence-electron chi connectivity index (χ0n) is 8.95. The second-order valence-corrected chi connectivity index (χ2v) is 4.30. The van der Waals surface area contributed by atoms with Gasteiger partial charge in [0, 0.05) is 18.0 Å². The van der Waals surface area contributed by atoms with E-state index in [4.69, 9.17) is 23.2 Å². The molecule has 0 unspecified atom stereocenters. The average molecular weight is 267 g/mol. The molecular weight excluding hydrogens is 259 g/mol. The number of aryl methyl sites for hydroxylation is 1. The van der Waals surface area contributed by atoms with E-state index in [1.54, 1.807) is 30.6 Å². The van der Waals surface area contributed by atoms with Crippen LogP contribution in [0.4, 0.5) is 0 Å². The molecule has 0 radical (unpaired) electrons. The van der Waals surface area contributed by atoms with Crippen LogP contribution in [-0.4, -0.2) is 15.8 Å². The highest BCUT2D eigenvalue weighted by molar-refractivity contribution is 6.44. The second-order valence-electron chi connectivity index (χ2n) is 3.51. The standard InChI is InChI=1S/C12H8Cl2N2O/c1-7-5-15-12(16-6-7)11(17)8-3-2-4-9(13)10(8)14/h2-6H,1H3. The average Bonchev–Trinajstić information content (AvgIpc) is 2.33. The third-order valence-electron chi connectivity index (χ3n) is 2.18. The molecule has 0 aliphatic carbocycles. The molecule has 1 aromatic heterocycles. The maximum absolute atomic E-state index is 12.1. The second kappa shape index (κ2) is 4.82. The van der Waals surface area contributed by atoms with Crippen LogP contribution in [0.3, 0.4) is 0 Å². The Labute approximate surface area is 108 Å². The van der Waals surface area contributed by atoms with Gasteiger partial charge in [-0.2, -0.15) is 0 Å². The topological polar surface area (TPSA) is 42.9 Å². The molecule has 2 rings (SSSR count). The number of carbonyl (C=O) groups excluding carboxylic acids is 1. The first kappa shape index (κ1) is 12.0. The molecule has 0 amide bonds. The molecule has 0 saturated heterocycles. The maximum Gasteiger partial charge on any atom is 0.231 e. The van der Waals surface area contributed by atoms with Gasteiger partial charge in [0.25, 0.3) is 0 Å². The molecule has 0 aliphatic rings. The van der Waals surface area contributed by atoms with Crippen molar-refractivity contribution in [2.45, 2.75) is 6.92 Å². The minimum Gasteiger partial charge on any atom is -0.285 e. The molecule has 3 nitrogen and oxygen atoms in total. The van der Waals surface area contributed by atoms with Gasteiger partial charge in [0.15, 0.2) is 0 Å². The summed E-state index contributed by atoms with van der Waals surface area (Å²) in [5, 5.41) is 0.563. The highest BCUT2D eigenvalue weighted by Gasteiger charge is 2.16. The SMILES string of the molecule is Cc1cnc(C(=O)c2cccc(Cl)c2Cl)nc1. The fourth-order valence-electron chi connectivity index (χ4n) is 1.31. The molecule has 1 heterocycles. The number of hydrogen-bond donors (Lipinski definition) is 0. The molecule has 0 saturated carbocycles. The van der Waals surface area contributed by atoms with Gasteiger partial charge in [0.2, 0.25) is 11.6 Å². The number of nitrogens with zero attached hydrogens (tertiary/aromatic N) is 2. The quantitative estimate of drug-likeness (QED) is 0.784. The van der Waals surface area contributed by atoms with Gasteiger partial charge >= 0.3 is 0 Å². The van der Waals surface area contributed by atoms with Crippen LogP contribution in [0.25, 0.3) is 0 Å². The Bertz CT molecular complexity index is 567. The summed E-state index contributed by atoms with van der Waals surface area (Å²) >= 11 is 11.8. The number of ketones is 1. The molecule has 0 aliphatic heterocycles. The van der Waals surface area contributed by atoms with Crippen molar-refractivity contribution in [2.24, 2.45) is 0 Å². The van der Waals surface area contributed by atoms with Crippen LogP contribution in [0, 0.1) is 6.92 Å². The van der Waals surface area contributed by atoms with Crippen molar-refractivity contribution in [1.29, 1.82) is 0 Å². The Morgan fingerprint density at radius 2 is 1.82 bits per heavy atom. The molecular formula is C12H8Cl2N2O. The van der Waals surface area contributed by atoms with Gasteiger partial charge in [-0.3, -0.25) is 4.79 Å². The van der Waals surface area contributed by atoms with E-state index < -0.39 is 0 Å². The van der Waals surface area contributed by atoms with E-state index in [0.717, 1.165) is 5.56 Å². The molecule has 17 heavy (non-hydrogen) atoms. The third kappa shape index (κ3) is 2.46. The van der Waals surface area contributed by atoms with Crippen molar-refractivity contribution in [2.75, 3.05) is 0 Å². The Balaban J connectivity index is 2.44. The lowest BCUT2D eigenvalue weighted by Crippen LogP contribution is -2.07. The molecule has 0 fully saturated rings. The normalized spacial score (nSPS) is 10.3. The van der Waals surface area contributed by atoms with Gasteiger partial charge in [-0.15, -0.1) is 0 Å². The van der Waals surface area contributed by atoms with Crippen molar-refractivity contribution >= 4 is 29.0 Å². The predicted molar refractivity (Wildman–Crippen MR) is 66.7 cm³/mol. The van der Waals surface area contributed by atoms with Crippen molar-refractivity contribution in [3.63, 3.8) is 0 Å². The number of rotatable bonds is 2. The highest BCUT2D eigenvalue weighted by atomic mass is 35.5. The first-order chi connectivity index (χ1) is 8.09. The van der Waals surface area contributed by atoms with Gasteiger partial charge in [-0.25, -0.2) is 9.97 Å². The Hall–Kier alpha value is -1.45. The van der Waals surface area contributed by atoms with Gasteiger partial charge in [0.1, 0.15) is 0 Å². The first-order valence-electron chi connectivity index (χ1n) is 4.87. The van der Waals surface area contributed by atoms with E-state index in [1.807, 2.05) is 6.92 Å². The molecule has 1 aromatic carbocycles. The lowest BCUT2D eigenvalue weighted by atomic mass is 10.1. The summed E-state index contributed by atoms with van der Waals surface area (Å²) in [6.45, 7) is 1.85. The maximum atomic E-state index is 12.1. The smallest absolute Gasteiger partial charge is 0.231 e. The first-order valence-corrected chi connectivity index (χ1v) is 5.62. The summed E-state index contributed by atoms with van der Waals surface area (Å²) in [5.41, 5.74) is 1.20. The van der Waals surface area contributed by atoms with Crippen LogP contribution in [0.2, 0.25) is 10.0 Å². The van der Waals surface area contributed by atoms with E-state index in [1.165, 1.54) is 0 Å². The van der Waals surface area contributed by atoms with Crippen LogP contribution >= 0.6 is 23.2 Å². The Morgan fingerprint density at radius 3 is 2.47 bits per heavy atom. The lowest BCUT2D eigenvalue weighted by molar-refractivity contribution is 0.102. The zero-order chi connectivity index (χ0) is 12.4. The summed E-state index contributed by atoms with van der Waals surface area (Å²) in [6, 6.07) is 4.88. The predicted octanol–water partition coefficient (Wildman–Crippen LogP) is 3.32. The van der Waals surface area contributed by atoms with Gasteiger partial charge in [-0.05, 0) is 24.6 Å². The van der Waals surface area contributed by atoms with E-state index in [-0.39, 0.29) is 16.6 Å². The summed E-state index contributed by atoms with van der Waals surface area (Å²) in [5.74, 6) is -0.225. The molecule has 0 atom stereocenters. The summed E-state index contributed by atoms with van der Waals surface area (Å²) in [6.07, 6.45) is 3.16. The largest absolute Gasteiger partial charge is 0.285 e. The van der Waals surface area contributed by atoms with Gasteiger partial charge in [0.05, 0.1) is 10.0 Å². The van der Waals surface area contributed by atoms with Crippen LogP contribution in [0.1, 0.15) is 21.7 Å². The molecule has 5 heteroatoms. The Kier molecular flexibility index (Phi) is 3.41. The number of aromatic nitrogens is 2. The molecule has 86 valence electrons. The number of halogens is 2. The van der Waals surface area contributed by atoms with Crippen LogP contribution in [0.15, 0.2) is 30.6 Å². The monoisotopic (exact) mass is 266 g/mol. The summed E-state index contributed by atoms with van der Waals surface area (Å²) < 4.78 is 0. The number of carbonyl (C=O) groups is 1. The van der Waals surface area contributed by atoms with E-state index >= 15 is 0 Å². The van der Waals surface area contributed by atoms with E-state index in [9.17, 15) is 4.79 Å². The minimum absolute atomic E-state index is 0.111. The molecule has 0 N–H and O–H groups in total. The lowest BCUT2D eigenvalue weighted by Gasteiger charge is -2.03. The summed E-state index contributed by atoms with van der Waals surface area (Å²) in [7, 11) is 0. The van der Waals surface area contributed by atoms with Crippen molar-refractivity contribution in [3.05, 3.63) is 57.6 Å². The van der Waals surface area contributed by atoms with Gasteiger partial charge < -0.3 is 0 Å². The van der Waals surface area contributed by atoms with Crippen LogP contribution in [0.5, 0.6) is 0 Å². The number of benzene rings is 1. The highest BCUT2D eigenvalue weighted by Crippen LogP contribution is 2.26. The minimum atomic E-state index is -0.336. The van der Waals surface area contributed by atoms with Crippen molar-refractivity contribution in [1.82, 2.24) is 9.97 Å². The molecule has 2 aromatic rings.